The molecule has 0 aromatic heterocycles. The number of carbonyl (C=O) groups excluding carboxylic acids is 8. The third-order valence-corrected chi connectivity index (χ3v) is 8.92. The molecule has 0 radical (unpaired) electrons. The largest absolute Gasteiger partial charge is 0.469 e. The van der Waals surface area contributed by atoms with E-state index in [4.69, 9.17) is 16.2 Å². The van der Waals surface area contributed by atoms with E-state index in [1.165, 1.54) is 21.1 Å². The summed E-state index contributed by atoms with van der Waals surface area (Å²) in [5, 5.41) is 8.17. The van der Waals surface area contributed by atoms with E-state index in [-0.39, 0.29) is 44.6 Å². The number of ether oxygens (including phenoxy) is 2. The molecule has 3 aromatic carbocycles. The van der Waals surface area contributed by atoms with Crippen molar-refractivity contribution in [2.45, 2.75) is 70.5 Å². The van der Waals surface area contributed by atoms with Gasteiger partial charge in [0.25, 0.3) is 0 Å². The van der Waals surface area contributed by atoms with Crippen molar-refractivity contribution in [2.24, 2.45) is 23.3 Å². The second-order valence-electron chi connectivity index (χ2n) is 13.3. The van der Waals surface area contributed by atoms with Crippen molar-refractivity contribution in [1.82, 2.24) is 16.0 Å². The minimum Gasteiger partial charge on any atom is -0.469 e. The maximum absolute atomic E-state index is 13.7. The number of nitrogens with one attached hydrogen (secondary N) is 3. The van der Waals surface area contributed by atoms with Crippen LogP contribution in [0.25, 0.3) is 0 Å². The van der Waals surface area contributed by atoms with Gasteiger partial charge in [-0.3, -0.25) is 38.4 Å². The van der Waals surface area contributed by atoms with Crippen LogP contribution in [0.15, 0.2) is 91.0 Å². The van der Waals surface area contributed by atoms with Crippen LogP contribution in [0.5, 0.6) is 0 Å². The topological polar surface area (TPSA) is 243 Å². The van der Waals surface area contributed by atoms with E-state index in [1.807, 2.05) is 91.0 Å². The Hall–Kier alpha value is -6.22. The van der Waals surface area contributed by atoms with Crippen LogP contribution in [0.3, 0.4) is 0 Å². The van der Waals surface area contributed by atoms with Gasteiger partial charge >= 0.3 is 11.9 Å². The maximum atomic E-state index is 13.7. The molecule has 4 atom stereocenters. The van der Waals surface area contributed by atoms with Crippen LogP contribution in [-0.2, 0) is 53.4 Å². The van der Waals surface area contributed by atoms with E-state index in [0.29, 0.717) is 0 Å². The molecule has 0 aliphatic heterocycles. The average molecular weight is 788 g/mol. The number of amides is 4. The highest BCUT2D eigenvalue weighted by molar-refractivity contribution is 5.96. The first-order valence-corrected chi connectivity index (χ1v) is 18.4. The van der Waals surface area contributed by atoms with E-state index >= 15 is 0 Å². The number of carbonyl (C=O) groups is 8. The van der Waals surface area contributed by atoms with Crippen molar-refractivity contribution in [1.29, 1.82) is 0 Å². The summed E-state index contributed by atoms with van der Waals surface area (Å²) in [6, 6.07) is 26.7. The number of hydrogen-bond acceptors (Lipinski definition) is 11. The number of primary amides is 1. The van der Waals surface area contributed by atoms with E-state index in [9.17, 15) is 38.4 Å². The Balaban J connectivity index is 0.000000499. The fraction of sp³-hybridized carbons (Fsp3) is 0.381. The Labute approximate surface area is 332 Å². The zero-order chi connectivity index (χ0) is 42.5. The van der Waals surface area contributed by atoms with Crippen LogP contribution in [0, 0.1) is 11.8 Å². The lowest BCUT2D eigenvalue weighted by Crippen LogP contribution is -2.51. The quantitative estimate of drug-likeness (QED) is 0.0821. The number of methoxy groups -OCH3 is 2. The van der Waals surface area contributed by atoms with Gasteiger partial charge in [0.15, 0.2) is 11.6 Å². The molecule has 15 heteroatoms. The molecule has 57 heavy (non-hydrogen) atoms. The second-order valence-corrected chi connectivity index (χ2v) is 13.3. The lowest BCUT2D eigenvalue weighted by Gasteiger charge is -2.37. The Morgan fingerprint density at radius 1 is 0.579 bits per heavy atom. The SMILES string of the molecule is CCC(=O)N[C@H](CC(=O)NC(c1ccccc1)(c1ccccc1)c1ccccc1)C(=O)C[C@@H](C)C(=O)OC.COC(=O)[C@H](C)CC(=O)[C@@H](CC(N)=O)NC(=O)CN. The van der Waals surface area contributed by atoms with Gasteiger partial charge in [-0.05, 0) is 16.7 Å². The molecule has 0 heterocycles. The molecular formula is C42H53N5O10. The van der Waals surface area contributed by atoms with Crippen molar-refractivity contribution in [3.8, 4) is 0 Å². The number of esters is 2. The van der Waals surface area contributed by atoms with Gasteiger partial charge < -0.3 is 36.9 Å². The normalized spacial score (nSPS) is 12.8. The van der Waals surface area contributed by atoms with E-state index in [0.717, 1.165) is 16.7 Å². The highest BCUT2D eigenvalue weighted by atomic mass is 16.5. The molecule has 0 spiro atoms. The van der Waals surface area contributed by atoms with Gasteiger partial charge in [0, 0.05) is 19.3 Å². The number of hydrogen-bond donors (Lipinski definition) is 5. The van der Waals surface area contributed by atoms with Crippen molar-refractivity contribution in [3.05, 3.63) is 108 Å². The summed E-state index contributed by atoms with van der Waals surface area (Å²) in [5.41, 5.74) is 11.6. The van der Waals surface area contributed by atoms with Crippen molar-refractivity contribution < 1.29 is 47.8 Å². The van der Waals surface area contributed by atoms with Crippen LogP contribution in [0.1, 0.15) is 69.6 Å². The molecule has 15 nitrogen and oxygen atoms in total. The summed E-state index contributed by atoms with van der Waals surface area (Å²) in [6.07, 6.45) is -0.781. The fourth-order valence-corrected chi connectivity index (χ4v) is 5.93. The van der Waals surface area contributed by atoms with Gasteiger partial charge in [-0.15, -0.1) is 0 Å². The standard InChI is InChI=1S/C31H34N2O5.C11H19N3O5/c1-4-28(35)32-26(27(34)20-22(2)30(37)38-3)21-29(36)33-31(23-14-8-5-9-15-23,24-16-10-6-11-17-24)25-18-12-7-13-19-25;1-6(11(18)19-2)3-8(15)7(4-9(13)16)14-10(17)5-12/h5-19,22,26H,4,20-21H2,1-3H3,(H,32,35)(H,33,36);6-7H,3-5,12H2,1-2H3,(H2,13,16)(H,14,17)/t22-,26-;6-,7-/m11/s1. The van der Waals surface area contributed by atoms with Crippen molar-refractivity contribution >= 4 is 47.1 Å². The van der Waals surface area contributed by atoms with Crippen LogP contribution >= 0.6 is 0 Å². The lowest BCUT2D eigenvalue weighted by atomic mass is 9.76. The number of rotatable bonds is 20. The molecule has 0 unspecified atom stereocenters. The highest BCUT2D eigenvalue weighted by Crippen LogP contribution is 2.37. The van der Waals surface area contributed by atoms with E-state index < -0.39 is 70.7 Å². The third-order valence-electron chi connectivity index (χ3n) is 8.92. The van der Waals surface area contributed by atoms with Crippen LogP contribution in [0.4, 0.5) is 0 Å². The lowest BCUT2D eigenvalue weighted by molar-refractivity contribution is -0.147. The third kappa shape index (κ3) is 14.4. The predicted molar refractivity (Wildman–Crippen MR) is 211 cm³/mol. The smallest absolute Gasteiger partial charge is 0.308 e. The number of benzene rings is 3. The van der Waals surface area contributed by atoms with Crippen LogP contribution in [0.2, 0.25) is 0 Å². The number of ketones is 2. The summed E-state index contributed by atoms with van der Waals surface area (Å²) in [4.78, 5) is 96.1. The summed E-state index contributed by atoms with van der Waals surface area (Å²) in [7, 11) is 2.46. The zero-order valence-corrected chi connectivity index (χ0v) is 32.9. The van der Waals surface area contributed by atoms with Crippen LogP contribution in [-0.4, -0.2) is 80.0 Å². The molecular weight excluding hydrogens is 734 g/mol. The molecule has 7 N–H and O–H groups in total. The summed E-state index contributed by atoms with van der Waals surface area (Å²) < 4.78 is 9.22. The monoisotopic (exact) mass is 787 g/mol. The molecule has 0 saturated heterocycles. The first-order valence-electron chi connectivity index (χ1n) is 18.4. The van der Waals surface area contributed by atoms with E-state index in [2.05, 4.69) is 20.7 Å². The molecule has 0 aliphatic rings. The van der Waals surface area contributed by atoms with Gasteiger partial charge in [0.05, 0.1) is 57.5 Å². The molecule has 3 aromatic rings. The van der Waals surface area contributed by atoms with Gasteiger partial charge in [-0.1, -0.05) is 112 Å². The minimum atomic E-state index is -1.09. The number of nitrogens with two attached hydrogens (primary N) is 2. The minimum absolute atomic E-state index is 0.153. The molecule has 3 rings (SSSR count). The summed E-state index contributed by atoms with van der Waals surface area (Å²) in [6.45, 7) is 4.44. The highest BCUT2D eigenvalue weighted by Gasteiger charge is 2.39. The van der Waals surface area contributed by atoms with Crippen molar-refractivity contribution in [2.75, 3.05) is 20.8 Å². The van der Waals surface area contributed by atoms with Gasteiger partial charge in [0.1, 0.15) is 5.54 Å². The first kappa shape index (κ1) is 46.9. The van der Waals surface area contributed by atoms with Crippen LogP contribution < -0.4 is 27.4 Å². The van der Waals surface area contributed by atoms with Gasteiger partial charge in [0.2, 0.25) is 23.6 Å². The Morgan fingerprint density at radius 3 is 1.28 bits per heavy atom. The molecule has 4 amide bonds. The Morgan fingerprint density at radius 2 is 0.947 bits per heavy atom. The van der Waals surface area contributed by atoms with Crippen molar-refractivity contribution in [3.63, 3.8) is 0 Å². The average Bonchev–Trinajstić information content (AvgIpc) is 3.22. The fourth-order valence-electron chi connectivity index (χ4n) is 5.93. The molecule has 0 aliphatic carbocycles. The molecule has 0 bridgehead atoms. The summed E-state index contributed by atoms with van der Waals surface area (Å²) >= 11 is 0. The zero-order valence-electron chi connectivity index (χ0n) is 32.9. The Kier molecular flexibility index (Phi) is 19.5. The summed E-state index contributed by atoms with van der Waals surface area (Å²) in [5.74, 6) is -5.42. The first-order chi connectivity index (χ1) is 27.1. The van der Waals surface area contributed by atoms with Gasteiger partial charge in [-0.2, -0.15) is 0 Å². The van der Waals surface area contributed by atoms with Gasteiger partial charge in [-0.25, -0.2) is 0 Å². The second kappa shape index (κ2) is 23.6. The Bertz CT molecular complexity index is 1730. The number of Topliss-reactive ketones (excluding diaryl/α,β-unsaturated/α-hetero) is 2. The molecule has 0 fully saturated rings. The molecule has 306 valence electrons. The predicted octanol–water partition coefficient (Wildman–Crippen LogP) is 2.22. The maximum Gasteiger partial charge on any atom is 0.308 e. The van der Waals surface area contributed by atoms with E-state index in [1.54, 1.807) is 13.8 Å². The molecule has 0 saturated carbocycles.